The second kappa shape index (κ2) is 8.90. The number of carbonyl (C=O) groups is 1. The van der Waals surface area contributed by atoms with Crippen molar-refractivity contribution < 1.29 is 88.6 Å². The van der Waals surface area contributed by atoms with Crippen LogP contribution in [-0.2, 0) is 36.3 Å². The Kier molecular flexibility index (Phi) is 9.25. The summed E-state index contributed by atoms with van der Waals surface area (Å²) in [6, 6.07) is 6.40. The monoisotopic (exact) mass is 512 g/mol. The molecule has 0 atom stereocenters. The minimum Gasteiger partial charge on any atom is -0.507 e. The van der Waals surface area contributed by atoms with Gasteiger partial charge in [-0.2, -0.15) is 47.9 Å². The number of aldehydes is 1. The van der Waals surface area contributed by atoms with Crippen molar-refractivity contribution in [2.45, 2.75) is 23.3 Å². The van der Waals surface area contributed by atoms with Crippen LogP contribution in [0.4, 0.5) is 39.5 Å². The van der Waals surface area contributed by atoms with Gasteiger partial charge in [0.05, 0.1) is 5.56 Å². The summed E-state index contributed by atoms with van der Waals surface area (Å²) in [5.41, 5.74) is 0.331. The third-order valence-corrected chi connectivity index (χ3v) is 3.41. The van der Waals surface area contributed by atoms with Crippen molar-refractivity contribution >= 4 is 16.4 Å². The standard InChI is InChI=1S/C7H6O2.C4HF9O3S.Zr/c8-5-6-3-1-2-4-7(6)9;5-1(6,3(9,10)11)2(7,8)4(12,13)17(14,15)16;/h1-5,9H;(H,14,15,16);. The Balaban J connectivity index is 0. The van der Waals surface area contributed by atoms with Crippen LogP contribution in [-0.4, -0.2) is 47.6 Å². The smallest absolute Gasteiger partial charge is 0.460 e. The predicted molar refractivity (Wildman–Crippen MR) is 65.9 cm³/mol. The number of phenols is 1. The normalized spacial score (nSPS) is 13.1. The molecule has 0 radical (unpaired) electrons. The predicted octanol–water partition coefficient (Wildman–Crippen LogP) is 3.50. The maximum atomic E-state index is 12.2. The van der Waals surface area contributed by atoms with Crippen LogP contribution in [0.5, 0.6) is 5.75 Å². The number of hydrogen-bond acceptors (Lipinski definition) is 4. The van der Waals surface area contributed by atoms with E-state index in [1.165, 1.54) is 6.07 Å². The molecule has 1 aromatic carbocycles. The van der Waals surface area contributed by atoms with Crippen molar-refractivity contribution in [3.8, 4) is 5.75 Å². The van der Waals surface area contributed by atoms with E-state index in [4.69, 9.17) is 9.66 Å². The SMILES string of the molecule is O=Cc1ccccc1O.O=S(=O)(O)C(F)(F)C(F)(F)C(F)(F)C(F)(F)F.[Zr]. The first kappa shape index (κ1) is 28.1. The van der Waals surface area contributed by atoms with Gasteiger partial charge in [0.2, 0.25) is 0 Å². The van der Waals surface area contributed by atoms with E-state index >= 15 is 0 Å². The van der Waals surface area contributed by atoms with Gasteiger partial charge < -0.3 is 5.11 Å². The molecule has 0 saturated carbocycles. The molecule has 27 heavy (non-hydrogen) atoms. The van der Waals surface area contributed by atoms with Crippen molar-refractivity contribution in [2.24, 2.45) is 0 Å². The molecule has 5 nitrogen and oxygen atoms in total. The van der Waals surface area contributed by atoms with Gasteiger partial charge in [0.15, 0.2) is 6.29 Å². The van der Waals surface area contributed by atoms with Crippen molar-refractivity contribution in [3.05, 3.63) is 29.8 Å². The fraction of sp³-hybridized carbons (Fsp3) is 0.364. The van der Waals surface area contributed by atoms with Crippen LogP contribution < -0.4 is 0 Å². The van der Waals surface area contributed by atoms with Gasteiger partial charge in [-0.15, -0.1) is 0 Å². The summed E-state index contributed by atoms with van der Waals surface area (Å²) in [5, 5.41) is 1.88. The summed E-state index contributed by atoms with van der Waals surface area (Å²) >= 11 is 0. The van der Waals surface area contributed by atoms with Crippen LogP contribution in [0.3, 0.4) is 0 Å². The van der Waals surface area contributed by atoms with E-state index in [0.717, 1.165) is 0 Å². The number of halogens is 9. The molecule has 154 valence electrons. The average Bonchev–Trinajstić information content (AvgIpc) is 2.45. The Morgan fingerprint density at radius 3 is 1.52 bits per heavy atom. The van der Waals surface area contributed by atoms with E-state index in [9.17, 15) is 52.7 Å². The van der Waals surface area contributed by atoms with Crippen molar-refractivity contribution in [1.29, 1.82) is 0 Å². The minimum atomic E-state index is -7.37. The molecule has 2 N–H and O–H groups in total. The zero-order valence-corrected chi connectivity index (χ0v) is 15.6. The van der Waals surface area contributed by atoms with Gasteiger partial charge in [-0.25, -0.2) is 0 Å². The molecule has 0 unspecified atom stereocenters. The largest absolute Gasteiger partial charge is 0.507 e. The quantitative estimate of drug-likeness (QED) is 0.366. The van der Waals surface area contributed by atoms with Crippen LogP contribution in [0.1, 0.15) is 10.4 Å². The summed E-state index contributed by atoms with van der Waals surface area (Å²) in [6.07, 6.45) is -6.51. The number of aromatic hydroxyl groups is 1. The molecule has 0 aliphatic heterocycles. The van der Waals surface area contributed by atoms with Crippen molar-refractivity contribution in [1.82, 2.24) is 0 Å². The molecule has 0 aliphatic rings. The summed E-state index contributed by atoms with van der Waals surface area (Å²) in [6.45, 7) is 0. The van der Waals surface area contributed by atoms with Crippen molar-refractivity contribution in [2.75, 3.05) is 0 Å². The molecule has 0 bridgehead atoms. The zero-order chi connectivity index (χ0) is 21.2. The maximum absolute atomic E-state index is 12.2. The number of benzene rings is 1. The maximum Gasteiger partial charge on any atom is 0.460 e. The first-order chi connectivity index (χ1) is 11.3. The topological polar surface area (TPSA) is 91.7 Å². The van der Waals surface area contributed by atoms with Crippen LogP contribution in [0.25, 0.3) is 0 Å². The molecule has 0 amide bonds. The molecule has 1 rings (SSSR count). The van der Waals surface area contributed by atoms with E-state index in [0.29, 0.717) is 11.8 Å². The first-order valence-electron chi connectivity index (χ1n) is 5.75. The second-order valence-corrected chi connectivity index (χ2v) is 5.78. The van der Waals surface area contributed by atoms with E-state index in [1.54, 1.807) is 18.2 Å². The average molecular weight is 513 g/mol. The Hall–Kier alpha value is -1.15. The fourth-order valence-electron chi connectivity index (χ4n) is 1.11. The van der Waals surface area contributed by atoms with Crippen LogP contribution in [0.15, 0.2) is 24.3 Å². The number of rotatable bonds is 4. The number of para-hydroxylation sites is 1. The van der Waals surface area contributed by atoms with E-state index < -0.39 is 33.4 Å². The molecule has 0 aliphatic carbocycles. The number of alkyl halides is 9. The second-order valence-electron chi connectivity index (χ2n) is 4.32. The molecule has 0 spiro atoms. The first-order valence-corrected chi connectivity index (χ1v) is 7.19. The van der Waals surface area contributed by atoms with Crippen LogP contribution in [0, 0.1) is 0 Å². The molecule has 16 heteroatoms. The van der Waals surface area contributed by atoms with Crippen molar-refractivity contribution in [3.63, 3.8) is 0 Å². The molecule has 0 saturated heterocycles. The van der Waals surface area contributed by atoms with Gasteiger partial charge in [0.25, 0.3) is 0 Å². The molecule has 0 fully saturated rings. The number of carbonyl (C=O) groups excluding carboxylic acids is 1. The van der Waals surface area contributed by atoms with E-state index in [-0.39, 0.29) is 32.0 Å². The van der Waals surface area contributed by atoms with Crippen LogP contribution in [0.2, 0.25) is 0 Å². The molecule has 1 aromatic rings. The number of phenolic OH excluding ortho intramolecular Hbond substituents is 1. The Morgan fingerprint density at radius 2 is 1.26 bits per heavy atom. The summed E-state index contributed by atoms with van der Waals surface area (Å²) in [5.74, 6) is -14.7. The molecule has 0 aromatic heterocycles. The van der Waals surface area contributed by atoms with Gasteiger partial charge in [-0.05, 0) is 12.1 Å². The summed E-state index contributed by atoms with van der Waals surface area (Å²) in [4.78, 5) is 10.1. The van der Waals surface area contributed by atoms with Gasteiger partial charge in [0.1, 0.15) is 5.75 Å². The summed E-state index contributed by atoms with van der Waals surface area (Å²) < 4.78 is 134. The van der Waals surface area contributed by atoms with Gasteiger partial charge in [-0.1, -0.05) is 12.1 Å². The molecular formula is C11H7F9O5SZr. The fourth-order valence-corrected chi connectivity index (χ4v) is 1.56. The number of hydrogen-bond donors (Lipinski definition) is 2. The molecule has 0 heterocycles. The summed E-state index contributed by atoms with van der Waals surface area (Å²) in [7, 11) is -7.17. The van der Waals surface area contributed by atoms with E-state index in [2.05, 4.69) is 0 Å². The third-order valence-electron chi connectivity index (χ3n) is 2.50. The Morgan fingerprint density at radius 1 is 0.852 bits per heavy atom. The Labute approximate surface area is 164 Å². The molecular weight excluding hydrogens is 506 g/mol. The van der Waals surface area contributed by atoms with Gasteiger partial charge in [-0.3, -0.25) is 9.35 Å². The van der Waals surface area contributed by atoms with Gasteiger partial charge >= 0.3 is 33.4 Å². The van der Waals surface area contributed by atoms with Gasteiger partial charge in [0, 0.05) is 26.2 Å². The zero-order valence-electron chi connectivity index (χ0n) is 12.3. The van der Waals surface area contributed by atoms with Crippen LogP contribution >= 0.6 is 0 Å². The Bertz CT molecular complexity index is 749. The third kappa shape index (κ3) is 5.67. The van der Waals surface area contributed by atoms with E-state index in [1.807, 2.05) is 0 Å². The minimum absolute atomic E-state index is 0.